The van der Waals surface area contributed by atoms with Crippen LogP contribution in [0.4, 0.5) is 13.2 Å². The Morgan fingerprint density at radius 2 is 2.05 bits per heavy atom. The lowest BCUT2D eigenvalue weighted by atomic mass is 10.3. The highest BCUT2D eigenvalue weighted by molar-refractivity contribution is 8.00. The normalized spacial score (nSPS) is 13.0. The van der Waals surface area contributed by atoms with Gasteiger partial charge < -0.3 is 5.32 Å². The number of thioether (sulfide) groups is 1. The van der Waals surface area contributed by atoms with Crippen molar-refractivity contribution < 1.29 is 21.6 Å². The van der Waals surface area contributed by atoms with Crippen molar-refractivity contribution in [3.05, 3.63) is 17.0 Å². The maximum absolute atomic E-state index is 11.9. The molecule has 1 aromatic heterocycles. The molecular weight excluding hydrogens is 345 g/mol. The smallest absolute Gasteiger partial charge is 0.310 e. The molecule has 2 N–H and O–H groups in total. The molecule has 0 aromatic carbocycles. The fraction of sp³-hybridized carbons (Fsp3) is 0.636. The molecule has 0 bridgehead atoms. The van der Waals surface area contributed by atoms with Crippen LogP contribution < -0.4 is 10.0 Å². The summed E-state index contributed by atoms with van der Waals surface area (Å²) in [6.45, 7) is 4.24. The summed E-state index contributed by atoms with van der Waals surface area (Å²) in [4.78, 5) is 0. The SMILES string of the molecule is CC(C)NCc1csc(S(=O)(=O)NCCSC(F)(F)F)c1. The Hall–Kier alpha value is -0.290. The van der Waals surface area contributed by atoms with E-state index in [0.29, 0.717) is 6.54 Å². The summed E-state index contributed by atoms with van der Waals surface area (Å²) in [5.41, 5.74) is -3.51. The average Bonchev–Trinajstić information content (AvgIpc) is 2.80. The van der Waals surface area contributed by atoms with Crippen LogP contribution in [0.25, 0.3) is 0 Å². The van der Waals surface area contributed by atoms with E-state index < -0.39 is 15.5 Å². The average molecular weight is 362 g/mol. The minimum atomic E-state index is -4.34. The second-order valence-electron chi connectivity index (χ2n) is 4.50. The molecule has 0 aliphatic heterocycles. The molecule has 0 saturated heterocycles. The van der Waals surface area contributed by atoms with Crippen molar-refractivity contribution in [2.45, 2.75) is 36.2 Å². The molecule has 4 nitrogen and oxygen atoms in total. The third kappa shape index (κ3) is 7.50. The van der Waals surface area contributed by atoms with Gasteiger partial charge in [-0.3, -0.25) is 0 Å². The van der Waals surface area contributed by atoms with Crippen LogP contribution in [0.15, 0.2) is 15.7 Å². The van der Waals surface area contributed by atoms with Gasteiger partial charge in [0.05, 0.1) is 0 Å². The molecule has 1 heterocycles. The van der Waals surface area contributed by atoms with Gasteiger partial charge in [-0.2, -0.15) is 13.2 Å². The van der Waals surface area contributed by atoms with Gasteiger partial charge in [0.2, 0.25) is 10.0 Å². The van der Waals surface area contributed by atoms with Crippen molar-refractivity contribution in [1.82, 2.24) is 10.0 Å². The minimum absolute atomic E-state index is 0.111. The van der Waals surface area contributed by atoms with E-state index in [-0.39, 0.29) is 34.3 Å². The zero-order valence-electron chi connectivity index (χ0n) is 11.5. The zero-order valence-corrected chi connectivity index (χ0v) is 14.0. The summed E-state index contributed by atoms with van der Waals surface area (Å²) in [6, 6.07) is 1.81. The second kappa shape index (κ2) is 7.82. The summed E-state index contributed by atoms with van der Waals surface area (Å²) in [5, 5.41) is 4.88. The molecule has 0 atom stereocenters. The molecule has 0 spiro atoms. The third-order valence-electron chi connectivity index (χ3n) is 2.27. The van der Waals surface area contributed by atoms with Gasteiger partial charge in [-0.1, -0.05) is 13.8 Å². The Morgan fingerprint density at radius 3 is 2.62 bits per heavy atom. The van der Waals surface area contributed by atoms with E-state index in [1.165, 1.54) is 6.07 Å². The fourth-order valence-corrected chi connectivity index (χ4v) is 4.17. The molecule has 0 radical (unpaired) electrons. The van der Waals surface area contributed by atoms with Gasteiger partial charge in [0.15, 0.2) is 0 Å². The summed E-state index contributed by atoms with van der Waals surface area (Å²) in [6.07, 6.45) is 0. The summed E-state index contributed by atoms with van der Waals surface area (Å²) in [5.74, 6) is -0.351. The van der Waals surface area contributed by atoms with Crippen LogP contribution in [0.1, 0.15) is 19.4 Å². The monoisotopic (exact) mass is 362 g/mol. The number of halogens is 3. The Morgan fingerprint density at radius 1 is 1.38 bits per heavy atom. The standard InChI is InChI=1S/C11H17F3N2O2S3/c1-8(2)15-6-9-5-10(19-7-9)21(17,18)16-3-4-20-11(12,13)14/h5,7-8,15-16H,3-4,6H2,1-2H3. The zero-order chi connectivity index (χ0) is 16.1. The van der Waals surface area contributed by atoms with Gasteiger partial charge in [-0.05, 0) is 28.8 Å². The first-order valence-electron chi connectivity index (χ1n) is 6.11. The number of thiophene rings is 1. The number of sulfonamides is 1. The second-order valence-corrected chi connectivity index (χ2v) is 8.57. The molecule has 0 amide bonds. The van der Waals surface area contributed by atoms with Crippen molar-refractivity contribution >= 4 is 33.1 Å². The Labute approximate surface area is 130 Å². The van der Waals surface area contributed by atoms with Crippen molar-refractivity contribution in [1.29, 1.82) is 0 Å². The van der Waals surface area contributed by atoms with Crippen molar-refractivity contribution in [2.24, 2.45) is 0 Å². The maximum Gasteiger partial charge on any atom is 0.441 e. The number of hydrogen-bond acceptors (Lipinski definition) is 5. The molecule has 21 heavy (non-hydrogen) atoms. The molecule has 122 valence electrons. The van der Waals surface area contributed by atoms with E-state index in [0.717, 1.165) is 16.9 Å². The van der Waals surface area contributed by atoms with Gasteiger partial charge >= 0.3 is 5.51 Å². The van der Waals surface area contributed by atoms with Gasteiger partial charge in [0, 0.05) is 24.9 Å². The van der Waals surface area contributed by atoms with Crippen LogP contribution in [0.3, 0.4) is 0 Å². The third-order valence-corrected chi connectivity index (χ3v) is 5.95. The highest BCUT2D eigenvalue weighted by Crippen LogP contribution is 2.29. The summed E-state index contributed by atoms with van der Waals surface area (Å²) >= 11 is 0.805. The molecule has 1 aromatic rings. The van der Waals surface area contributed by atoms with Crippen LogP contribution in [-0.2, 0) is 16.6 Å². The van der Waals surface area contributed by atoms with Gasteiger partial charge in [0.1, 0.15) is 4.21 Å². The topological polar surface area (TPSA) is 58.2 Å². The van der Waals surface area contributed by atoms with E-state index in [2.05, 4.69) is 10.0 Å². The largest absolute Gasteiger partial charge is 0.441 e. The van der Waals surface area contributed by atoms with Gasteiger partial charge in [0.25, 0.3) is 0 Å². The molecule has 10 heteroatoms. The Kier molecular flexibility index (Phi) is 6.98. The lowest BCUT2D eigenvalue weighted by Gasteiger charge is -2.07. The number of nitrogens with one attached hydrogen (secondary N) is 2. The quantitative estimate of drug-likeness (QED) is 0.698. The van der Waals surface area contributed by atoms with Crippen molar-refractivity contribution in [2.75, 3.05) is 12.3 Å². The van der Waals surface area contributed by atoms with E-state index in [1.54, 1.807) is 5.38 Å². The van der Waals surface area contributed by atoms with Crippen LogP contribution in [-0.4, -0.2) is 32.3 Å². The lowest BCUT2D eigenvalue weighted by molar-refractivity contribution is -0.0327. The van der Waals surface area contributed by atoms with E-state index in [9.17, 15) is 21.6 Å². The van der Waals surface area contributed by atoms with Crippen LogP contribution in [0.2, 0.25) is 0 Å². The van der Waals surface area contributed by atoms with Gasteiger partial charge in [-0.25, -0.2) is 13.1 Å². The van der Waals surface area contributed by atoms with E-state index in [1.807, 2.05) is 13.8 Å². The highest BCUT2D eigenvalue weighted by atomic mass is 32.2. The molecule has 1 rings (SSSR count). The molecular formula is C11H17F3N2O2S3. The predicted molar refractivity (Wildman–Crippen MR) is 80.0 cm³/mol. The predicted octanol–water partition coefficient (Wildman–Crippen LogP) is 2.78. The summed E-state index contributed by atoms with van der Waals surface area (Å²) in [7, 11) is -3.74. The van der Waals surface area contributed by atoms with E-state index >= 15 is 0 Å². The molecule has 0 unspecified atom stereocenters. The number of hydrogen-bond donors (Lipinski definition) is 2. The van der Waals surface area contributed by atoms with Crippen LogP contribution in [0, 0.1) is 0 Å². The minimum Gasteiger partial charge on any atom is -0.310 e. The number of rotatable bonds is 8. The molecule has 0 fully saturated rings. The molecule has 0 aliphatic carbocycles. The Balaban J connectivity index is 2.51. The fourth-order valence-electron chi connectivity index (χ4n) is 1.32. The first-order chi connectivity index (χ1) is 9.60. The van der Waals surface area contributed by atoms with Crippen LogP contribution in [0.5, 0.6) is 0 Å². The Bertz CT molecular complexity index is 541. The first-order valence-corrected chi connectivity index (χ1v) is 9.46. The van der Waals surface area contributed by atoms with Crippen LogP contribution >= 0.6 is 23.1 Å². The van der Waals surface area contributed by atoms with Gasteiger partial charge in [-0.15, -0.1) is 11.3 Å². The lowest BCUT2D eigenvalue weighted by Crippen LogP contribution is -2.26. The summed E-state index contributed by atoms with van der Waals surface area (Å²) < 4.78 is 61.9. The first kappa shape index (κ1) is 18.8. The van der Waals surface area contributed by atoms with E-state index in [4.69, 9.17) is 0 Å². The highest BCUT2D eigenvalue weighted by Gasteiger charge is 2.27. The van der Waals surface area contributed by atoms with Crippen molar-refractivity contribution in [3.8, 4) is 0 Å². The van der Waals surface area contributed by atoms with Crippen molar-refractivity contribution in [3.63, 3.8) is 0 Å². The molecule has 0 saturated carbocycles. The molecule has 0 aliphatic rings. The maximum atomic E-state index is 11.9. The number of alkyl halides is 3.